The molecule has 0 aromatic heterocycles. The topological polar surface area (TPSA) is 36.9 Å². The monoisotopic (exact) mass is 271 g/mol. The van der Waals surface area contributed by atoms with Crippen molar-refractivity contribution in [3.63, 3.8) is 0 Å². The Morgan fingerprint density at radius 1 is 1.50 bits per heavy atom. The Bertz CT molecular complexity index is 279. The third-order valence-electron chi connectivity index (χ3n) is 3.33. The van der Waals surface area contributed by atoms with Crippen molar-refractivity contribution >= 4 is 16.9 Å². The van der Waals surface area contributed by atoms with Gasteiger partial charge < -0.3 is 10.1 Å². The average molecular weight is 271 g/mol. The van der Waals surface area contributed by atoms with E-state index >= 15 is 0 Å². The largest absolute Gasteiger partial charge is 0.379 e. The zero-order valence-corrected chi connectivity index (χ0v) is 12.3. The predicted molar refractivity (Wildman–Crippen MR) is 78.4 cm³/mol. The highest BCUT2D eigenvalue weighted by Crippen LogP contribution is 2.23. The van der Waals surface area contributed by atoms with E-state index in [0.29, 0.717) is 11.3 Å². The molecular weight excluding hydrogens is 246 g/mol. The first-order chi connectivity index (χ1) is 8.78. The molecule has 0 spiro atoms. The first kappa shape index (κ1) is 14.2. The van der Waals surface area contributed by atoms with Crippen molar-refractivity contribution in [2.75, 3.05) is 39.4 Å². The number of aliphatic imine (C=N–C) groups is 1. The summed E-state index contributed by atoms with van der Waals surface area (Å²) in [6.45, 7) is 10.4. The SMILES string of the molecule is CCCC1CN=C(NC(C)CN2CCOCC2)S1. The fourth-order valence-corrected chi connectivity index (χ4v) is 3.63. The molecule has 0 radical (unpaired) electrons. The summed E-state index contributed by atoms with van der Waals surface area (Å²) in [4.78, 5) is 7.06. The van der Waals surface area contributed by atoms with Crippen LogP contribution in [0.15, 0.2) is 4.99 Å². The molecule has 0 amide bonds. The van der Waals surface area contributed by atoms with E-state index in [0.717, 1.165) is 44.6 Å². The Kier molecular flexibility index (Phi) is 5.79. The summed E-state index contributed by atoms with van der Waals surface area (Å²) in [7, 11) is 0. The van der Waals surface area contributed by atoms with Crippen LogP contribution < -0.4 is 5.32 Å². The molecule has 104 valence electrons. The Labute approximate surface area is 115 Å². The molecule has 0 saturated carbocycles. The van der Waals surface area contributed by atoms with Crippen molar-refractivity contribution in [2.24, 2.45) is 4.99 Å². The van der Waals surface area contributed by atoms with E-state index in [2.05, 4.69) is 29.1 Å². The molecular formula is C13H25N3OS. The van der Waals surface area contributed by atoms with Gasteiger partial charge in [0.15, 0.2) is 5.17 Å². The molecule has 0 aromatic carbocycles. The van der Waals surface area contributed by atoms with Gasteiger partial charge >= 0.3 is 0 Å². The maximum absolute atomic E-state index is 5.37. The van der Waals surface area contributed by atoms with Gasteiger partial charge in [0.2, 0.25) is 0 Å². The molecule has 2 rings (SSSR count). The zero-order chi connectivity index (χ0) is 12.8. The Balaban J connectivity index is 1.66. The van der Waals surface area contributed by atoms with Crippen molar-refractivity contribution in [3.05, 3.63) is 0 Å². The molecule has 2 heterocycles. The first-order valence-corrected chi connectivity index (χ1v) is 7.93. The molecule has 1 saturated heterocycles. The summed E-state index contributed by atoms with van der Waals surface area (Å²) in [5, 5.41) is 5.39. The summed E-state index contributed by atoms with van der Waals surface area (Å²) < 4.78 is 5.37. The second-order valence-corrected chi connectivity index (χ2v) is 6.42. The van der Waals surface area contributed by atoms with E-state index in [1.165, 1.54) is 12.8 Å². The van der Waals surface area contributed by atoms with Crippen LogP contribution in [0.5, 0.6) is 0 Å². The van der Waals surface area contributed by atoms with Gasteiger partial charge in [0.25, 0.3) is 0 Å². The average Bonchev–Trinajstić information content (AvgIpc) is 2.78. The van der Waals surface area contributed by atoms with Crippen molar-refractivity contribution in [2.45, 2.75) is 38.0 Å². The van der Waals surface area contributed by atoms with Crippen molar-refractivity contribution in [3.8, 4) is 0 Å². The normalized spacial score (nSPS) is 27.0. The molecule has 0 bridgehead atoms. The van der Waals surface area contributed by atoms with Gasteiger partial charge in [-0.1, -0.05) is 25.1 Å². The Morgan fingerprint density at radius 2 is 2.28 bits per heavy atom. The highest BCUT2D eigenvalue weighted by atomic mass is 32.2. The van der Waals surface area contributed by atoms with E-state index in [1.54, 1.807) is 0 Å². The van der Waals surface area contributed by atoms with Gasteiger partial charge in [-0.2, -0.15) is 0 Å². The molecule has 4 nitrogen and oxygen atoms in total. The number of nitrogens with one attached hydrogen (secondary N) is 1. The van der Waals surface area contributed by atoms with Crippen LogP contribution in [0.2, 0.25) is 0 Å². The quantitative estimate of drug-likeness (QED) is 0.823. The predicted octanol–water partition coefficient (Wildman–Crippen LogP) is 1.57. The third-order valence-corrected chi connectivity index (χ3v) is 4.52. The Morgan fingerprint density at radius 3 is 3.00 bits per heavy atom. The molecule has 2 unspecified atom stereocenters. The molecule has 1 N–H and O–H groups in total. The number of ether oxygens (including phenoxy) is 1. The van der Waals surface area contributed by atoms with Gasteiger partial charge in [0, 0.05) is 30.9 Å². The summed E-state index contributed by atoms with van der Waals surface area (Å²) in [6, 6.07) is 0.467. The van der Waals surface area contributed by atoms with Crippen LogP contribution in [0.4, 0.5) is 0 Å². The van der Waals surface area contributed by atoms with Crippen molar-refractivity contribution in [1.82, 2.24) is 10.2 Å². The maximum Gasteiger partial charge on any atom is 0.157 e. The first-order valence-electron chi connectivity index (χ1n) is 7.05. The number of amidine groups is 1. The van der Waals surface area contributed by atoms with Gasteiger partial charge in [0.05, 0.1) is 19.8 Å². The maximum atomic E-state index is 5.37. The number of morpholine rings is 1. The summed E-state index contributed by atoms with van der Waals surface area (Å²) in [5.41, 5.74) is 0. The van der Waals surface area contributed by atoms with Crippen LogP contribution in [0.25, 0.3) is 0 Å². The van der Waals surface area contributed by atoms with Crippen molar-refractivity contribution in [1.29, 1.82) is 0 Å². The van der Waals surface area contributed by atoms with Gasteiger partial charge in [0.1, 0.15) is 0 Å². The molecule has 2 atom stereocenters. The fraction of sp³-hybridized carbons (Fsp3) is 0.923. The summed E-state index contributed by atoms with van der Waals surface area (Å²) in [6.07, 6.45) is 2.53. The lowest BCUT2D eigenvalue weighted by atomic mass is 10.2. The minimum Gasteiger partial charge on any atom is -0.379 e. The van der Waals surface area contributed by atoms with Gasteiger partial charge in [-0.25, -0.2) is 0 Å². The van der Waals surface area contributed by atoms with E-state index < -0.39 is 0 Å². The van der Waals surface area contributed by atoms with Crippen LogP contribution in [0.3, 0.4) is 0 Å². The van der Waals surface area contributed by atoms with Crippen LogP contribution in [-0.4, -0.2) is 60.8 Å². The van der Waals surface area contributed by atoms with Crippen LogP contribution in [0.1, 0.15) is 26.7 Å². The van der Waals surface area contributed by atoms with Crippen LogP contribution in [0, 0.1) is 0 Å². The molecule has 1 fully saturated rings. The van der Waals surface area contributed by atoms with E-state index in [1.807, 2.05) is 11.8 Å². The lowest BCUT2D eigenvalue weighted by Gasteiger charge is -2.29. The molecule has 18 heavy (non-hydrogen) atoms. The second kappa shape index (κ2) is 7.36. The van der Waals surface area contributed by atoms with E-state index in [-0.39, 0.29) is 0 Å². The molecule has 0 aromatic rings. The van der Waals surface area contributed by atoms with E-state index in [4.69, 9.17) is 4.74 Å². The molecule has 2 aliphatic rings. The highest BCUT2D eigenvalue weighted by molar-refractivity contribution is 8.14. The number of hydrogen-bond donors (Lipinski definition) is 1. The number of rotatable bonds is 5. The number of thioether (sulfide) groups is 1. The zero-order valence-electron chi connectivity index (χ0n) is 11.5. The van der Waals surface area contributed by atoms with Gasteiger partial charge in [-0.05, 0) is 13.3 Å². The lowest BCUT2D eigenvalue weighted by molar-refractivity contribution is 0.0353. The number of hydrogen-bond acceptors (Lipinski definition) is 5. The second-order valence-electron chi connectivity index (χ2n) is 5.13. The van der Waals surface area contributed by atoms with Crippen molar-refractivity contribution < 1.29 is 4.74 Å². The fourth-order valence-electron chi connectivity index (χ4n) is 2.40. The summed E-state index contributed by atoms with van der Waals surface area (Å²) >= 11 is 1.92. The highest BCUT2D eigenvalue weighted by Gasteiger charge is 2.21. The number of nitrogens with zero attached hydrogens (tertiary/aromatic N) is 2. The van der Waals surface area contributed by atoms with E-state index in [9.17, 15) is 0 Å². The lowest BCUT2D eigenvalue weighted by Crippen LogP contribution is -2.45. The Hall–Kier alpha value is -0.260. The minimum absolute atomic E-state index is 0.467. The molecule has 5 heteroatoms. The standard InChI is InChI=1S/C13H25N3OS/c1-3-4-12-9-14-13(18-12)15-11(2)10-16-5-7-17-8-6-16/h11-12H,3-10H2,1-2H3,(H,14,15). The third kappa shape index (κ3) is 4.44. The molecule has 0 aliphatic carbocycles. The minimum atomic E-state index is 0.467. The molecule has 2 aliphatic heterocycles. The van der Waals surface area contributed by atoms with Gasteiger partial charge in [-0.15, -0.1) is 0 Å². The van der Waals surface area contributed by atoms with Crippen LogP contribution in [-0.2, 0) is 4.74 Å². The smallest absolute Gasteiger partial charge is 0.157 e. The van der Waals surface area contributed by atoms with Gasteiger partial charge in [-0.3, -0.25) is 9.89 Å². The summed E-state index contributed by atoms with van der Waals surface area (Å²) in [5.74, 6) is 0. The van der Waals surface area contributed by atoms with Crippen LogP contribution >= 0.6 is 11.8 Å².